The second-order valence-corrected chi connectivity index (χ2v) is 7.08. The van der Waals surface area contributed by atoms with Crippen LogP contribution in [0.25, 0.3) is 0 Å². The molecule has 0 bridgehead atoms. The topological polar surface area (TPSA) is 84.5 Å². The predicted octanol–water partition coefficient (Wildman–Crippen LogP) is 3.67. The van der Waals surface area contributed by atoms with Crippen molar-refractivity contribution in [2.45, 2.75) is 51.9 Å². The van der Waals surface area contributed by atoms with Gasteiger partial charge >= 0.3 is 18.2 Å². The quantitative estimate of drug-likeness (QED) is 0.788. The van der Waals surface area contributed by atoms with Crippen LogP contribution >= 0.6 is 0 Å². The summed E-state index contributed by atoms with van der Waals surface area (Å²) in [4.78, 5) is 35.8. The Morgan fingerprint density at radius 2 is 1.50 bits per heavy atom. The number of ether oxygens (including phenoxy) is 1. The third kappa shape index (κ3) is 6.05. The molecule has 2 N–H and O–H groups in total. The van der Waals surface area contributed by atoms with Crippen molar-refractivity contribution >= 4 is 23.5 Å². The molecule has 2 amide bonds. The molecule has 0 atom stereocenters. The Labute approximate surface area is 149 Å². The van der Waals surface area contributed by atoms with Gasteiger partial charge in [-0.2, -0.15) is 13.2 Å². The highest BCUT2D eigenvalue weighted by Gasteiger charge is 2.40. The summed E-state index contributed by atoms with van der Waals surface area (Å²) < 4.78 is 42.5. The second kappa shape index (κ2) is 7.35. The Bertz CT molecular complexity index is 707. The summed E-state index contributed by atoms with van der Waals surface area (Å²) in [7, 11) is 0. The first-order valence-corrected chi connectivity index (χ1v) is 7.66. The van der Waals surface area contributed by atoms with Gasteiger partial charge in [0, 0.05) is 5.56 Å². The average molecular weight is 374 g/mol. The molecular weight excluding hydrogens is 353 g/mol. The summed E-state index contributed by atoms with van der Waals surface area (Å²) in [6.45, 7) is 7.68. The Balaban J connectivity index is 3.05. The minimum Gasteiger partial charge on any atom is -0.444 e. The van der Waals surface area contributed by atoms with E-state index in [2.05, 4.69) is 5.32 Å². The molecule has 0 aliphatic heterocycles. The number of hydrogen-bond acceptors (Lipinski definition) is 4. The third-order valence-electron chi connectivity index (χ3n) is 3.06. The van der Waals surface area contributed by atoms with Gasteiger partial charge in [0.25, 0.3) is 0 Å². The fraction of sp³-hybridized carbons (Fsp3) is 0.471. The van der Waals surface area contributed by atoms with Crippen LogP contribution in [0.5, 0.6) is 0 Å². The van der Waals surface area contributed by atoms with E-state index < -0.39 is 35.1 Å². The fourth-order valence-corrected chi connectivity index (χ4v) is 1.94. The first kappa shape index (κ1) is 21.5. The number of benzene rings is 1. The van der Waals surface area contributed by atoms with E-state index in [0.29, 0.717) is 0 Å². The molecule has 9 heteroatoms. The van der Waals surface area contributed by atoms with Crippen LogP contribution in [0.3, 0.4) is 0 Å². The van der Waals surface area contributed by atoms with E-state index in [1.807, 2.05) is 0 Å². The third-order valence-corrected chi connectivity index (χ3v) is 3.06. The molecule has 0 unspecified atom stereocenters. The number of Topliss-reactive ketones (excluding diaryl/α,β-unsaturated/α-hetero) is 1. The van der Waals surface area contributed by atoms with E-state index in [1.165, 1.54) is 38.1 Å². The van der Waals surface area contributed by atoms with Crippen molar-refractivity contribution in [3.63, 3.8) is 0 Å². The Kier molecular flexibility index (Phi) is 6.06. The van der Waals surface area contributed by atoms with Crippen LogP contribution in [-0.2, 0) is 9.53 Å². The molecule has 0 radical (unpaired) electrons. The highest BCUT2D eigenvalue weighted by molar-refractivity contribution is 6.10. The first-order valence-electron chi connectivity index (χ1n) is 7.66. The van der Waals surface area contributed by atoms with Crippen LogP contribution in [0.1, 0.15) is 45.0 Å². The molecule has 0 aliphatic rings. The van der Waals surface area contributed by atoms with E-state index in [0.717, 1.165) is 0 Å². The fourth-order valence-electron chi connectivity index (χ4n) is 1.94. The minimum absolute atomic E-state index is 0.175. The summed E-state index contributed by atoms with van der Waals surface area (Å²) in [6, 6.07) is 5.23. The van der Waals surface area contributed by atoms with Crippen LogP contribution in [-0.4, -0.2) is 35.1 Å². The number of alkyl halides is 3. The zero-order valence-corrected chi connectivity index (χ0v) is 15.1. The lowest BCUT2D eigenvalue weighted by molar-refractivity contribution is -0.167. The molecule has 0 spiro atoms. The summed E-state index contributed by atoms with van der Waals surface area (Å²) in [5.41, 5.74) is -2.76. The lowest BCUT2D eigenvalue weighted by Gasteiger charge is -2.28. The van der Waals surface area contributed by atoms with Gasteiger partial charge in [-0.15, -0.1) is 0 Å². The molecule has 1 aromatic carbocycles. The number of anilines is 1. The number of para-hydroxylation sites is 1. The van der Waals surface area contributed by atoms with Gasteiger partial charge < -0.3 is 15.4 Å². The van der Waals surface area contributed by atoms with Crippen LogP contribution in [0, 0.1) is 0 Å². The van der Waals surface area contributed by atoms with Crippen LogP contribution < -0.4 is 10.6 Å². The van der Waals surface area contributed by atoms with E-state index in [9.17, 15) is 27.6 Å². The molecule has 26 heavy (non-hydrogen) atoms. The lowest BCUT2D eigenvalue weighted by atomic mass is 9.92. The van der Waals surface area contributed by atoms with E-state index in [4.69, 9.17) is 4.74 Å². The smallest absolute Gasteiger partial charge is 0.444 e. The van der Waals surface area contributed by atoms with Crippen molar-refractivity contribution in [3.8, 4) is 0 Å². The number of carbonyl (C=O) groups is 3. The van der Waals surface area contributed by atoms with Crippen molar-refractivity contribution in [1.29, 1.82) is 0 Å². The van der Waals surface area contributed by atoms with E-state index in [1.54, 1.807) is 26.1 Å². The van der Waals surface area contributed by atoms with Crippen molar-refractivity contribution in [1.82, 2.24) is 5.32 Å². The summed E-state index contributed by atoms with van der Waals surface area (Å²) in [5.74, 6) is -2.89. The predicted molar refractivity (Wildman–Crippen MR) is 88.9 cm³/mol. The largest absolute Gasteiger partial charge is 0.471 e. The van der Waals surface area contributed by atoms with Gasteiger partial charge in [0.05, 0.1) is 5.69 Å². The number of alkyl carbamates (subject to hydrolysis) is 1. The van der Waals surface area contributed by atoms with E-state index in [-0.39, 0.29) is 11.3 Å². The lowest BCUT2D eigenvalue weighted by Crippen LogP contribution is -2.51. The van der Waals surface area contributed by atoms with Crippen LogP contribution in [0.15, 0.2) is 24.3 Å². The van der Waals surface area contributed by atoms with Gasteiger partial charge in [-0.1, -0.05) is 12.1 Å². The number of amides is 2. The summed E-state index contributed by atoms with van der Waals surface area (Å²) in [6.07, 6.45) is -5.95. The van der Waals surface area contributed by atoms with Gasteiger partial charge in [-0.3, -0.25) is 9.59 Å². The zero-order valence-electron chi connectivity index (χ0n) is 15.1. The van der Waals surface area contributed by atoms with Gasteiger partial charge in [0.2, 0.25) is 0 Å². The maximum Gasteiger partial charge on any atom is 0.471 e. The van der Waals surface area contributed by atoms with Crippen LogP contribution in [0.2, 0.25) is 0 Å². The first-order chi connectivity index (χ1) is 11.6. The molecule has 144 valence electrons. The molecule has 6 nitrogen and oxygen atoms in total. The monoisotopic (exact) mass is 374 g/mol. The number of ketones is 1. The molecule has 1 aromatic rings. The molecular formula is C17H21F3N2O4. The van der Waals surface area contributed by atoms with Crippen LogP contribution in [0.4, 0.5) is 23.7 Å². The van der Waals surface area contributed by atoms with Crippen molar-refractivity contribution in [2.24, 2.45) is 0 Å². The molecule has 0 heterocycles. The van der Waals surface area contributed by atoms with Gasteiger partial charge in [-0.25, -0.2) is 4.79 Å². The molecule has 0 fully saturated rings. The molecule has 0 saturated heterocycles. The zero-order chi connectivity index (χ0) is 20.3. The number of rotatable bonds is 4. The maximum atomic E-state index is 12.7. The minimum atomic E-state index is -5.10. The number of nitrogens with one attached hydrogen (secondary N) is 2. The molecule has 0 aliphatic carbocycles. The number of hydrogen-bond donors (Lipinski definition) is 2. The number of halogens is 3. The molecule has 0 aromatic heterocycles. The highest BCUT2D eigenvalue weighted by atomic mass is 19.4. The molecule has 1 rings (SSSR count). The van der Waals surface area contributed by atoms with Crippen molar-refractivity contribution in [2.75, 3.05) is 5.32 Å². The highest BCUT2D eigenvalue weighted by Crippen LogP contribution is 2.24. The normalized spacial score (nSPS) is 12.3. The van der Waals surface area contributed by atoms with Crippen molar-refractivity contribution in [3.05, 3.63) is 29.8 Å². The maximum absolute atomic E-state index is 12.7. The summed E-state index contributed by atoms with van der Waals surface area (Å²) >= 11 is 0. The summed E-state index contributed by atoms with van der Waals surface area (Å²) in [5, 5.41) is 4.04. The van der Waals surface area contributed by atoms with E-state index >= 15 is 0 Å². The second-order valence-electron chi connectivity index (χ2n) is 7.08. The standard InChI is InChI=1S/C17H21F3N2O4/c1-15(2,3)26-14(25)22-16(4,5)12(23)10-8-6-7-9-11(10)21-13(24)17(18,19)20/h6-9H,1-5H3,(H,21,24)(H,22,25). The Morgan fingerprint density at radius 3 is 2.00 bits per heavy atom. The van der Waals surface area contributed by atoms with Gasteiger partial charge in [0.1, 0.15) is 11.1 Å². The average Bonchev–Trinajstić information content (AvgIpc) is 2.43. The Morgan fingerprint density at radius 1 is 0.962 bits per heavy atom. The van der Waals surface area contributed by atoms with Crippen molar-refractivity contribution < 1.29 is 32.3 Å². The Hall–Kier alpha value is -2.58. The van der Waals surface area contributed by atoms with Gasteiger partial charge in [0.15, 0.2) is 5.78 Å². The van der Waals surface area contributed by atoms with Gasteiger partial charge in [-0.05, 0) is 46.8 Å². The number of carbonyl (C=O) groups excluding carboxylic acids is 3. The molecule has 0 saturated carbocycles. The SMILES string of the molecule is CC(C)(C)OC(=O)NC(C)(C)C(=O)c1ccccc1NC(=O)C(F)(F)F.